The average Bonchev–Trinajstić information content (AvgIpc) is 2.55. The molecule has 0 fully saturated rings. The first-order valence-electron chi connectivity index (χ1n) is 6.68. The molecule has 112 valence electrons. The van der Waals surface area contributed by atoms with E-state index in [1.165, 1.54) is 17.3 Å². The Morgan fingerprint density at radius 2 is 2.00 bits per heavy atom. The van der Waals surface area contributed by atoms with Crippen LogP contribution in [0.5, 0.6) is 0 Å². The molecule has 1 heterocycles. The Hall–Kier alpha value is -1.43. The van der Waals surface area contributed by atoms with Crippen molar-refractivity contribution in [3.8, 4) is 0 Å². The number of thioether (sulfide) groups is 2. The highest BCUT2D eigenvalue weighted by Gasteiger charge is 2.14. The van der Waals surface area contributed by atoms with E-state index in [1.54, 1.807) is 36.0 Å². The lowest BCUT2D eigenvalue weighted by Crippen LogP contribution is -2.15. The number of aliphatic imine (C=N–C) groups is 1. The molecule has 1 amide bonds. The second-order valence-electron chi connectivity index (χ2n) is 4.64. The molecule has 3 nitrogen and oxygen atoms in total. The molecule has 0 spiro atoms. The van der Waals surface area contributed by atoms with Crippen molar-refractivity contribution < 1.29 is 4.79 Å². The maximum atomic E-state index is 12.0. The van der Waals surface area contributed by atoms with Crippen molar-refractivity contribution in [3.05, 3.63) is 59.1 Å². The maximum Gasteiger partial charge on any atom is 0.234 e. The topological polar surface area (TPSA) is 41.5 Å². The van der Waals surface area contributed by atoms with Gasteiger partial charge in [0.15, 0.2) is 0 Å². The number of benzene rings is 2. The van der Waals surface area contributed by atoms with Crippen LogP contribution in [0.2, 0.25) is 5.02 Å². The molecule has 0 saturated carbocycles. The fraction of sp³-hybridized carbons (Fsp3) is 0.125. The van der Waals surface area contributed by atoms with Gasteiger partial charge in [-0.25, -0.2) is 4.99 Å². The molecule has 0 bridgehead atoms. The van der Waals surface area contributed by atoms with Gasteiger partial charge in [0.2, 0.25) is 5.91 Å². The summed E-state index contributed by atoms with van der Waals surface area (Å²) < 4.78 is 0.935. The van der Waals surface area contributed by atoms with E-state index < -0.39 is 0 Å². The lowest BCUT2D eigenvalue weighted by Gasteiger charge is -2.14. The van der Waals surface area contributed by atoms with Crippen LogP contribution in [0.4, 0.5) is 11.4 Å². The van der Waals surface area contributed by atoms with E-state index in [1.807, 2.05) is 18.2 Å². The number of nitrogens with zero attached hydrogens (tertiary/aromatic N) is 1. The van der Waals surface area contributed by atoms with E-state index in [0.29, 0.717) is 10.8 Å². The summed E-state index contributed by atoms with van der Waals surface area (Å²) >= 11 is 8.95. The van der Waals surface area contributed by atoms with Gasteiger partial charge < -0.3 is 5.32 Å². The number of amides is 1. The molecule has 22 heavy (non-hydrogen) atoms. The first-order chi connectivity index (χ1) is 10.7. The molecule has 2 aromatic carbocycles. The quantitative estimate of drug-likeness (QED) is 0.853. The number of carbonyl (C=O) groups is 1. The van der Waals surface area contributed by atoms with Gasteiger partial charge in [-0.3, -0.25) is 4.79 Å². The van der Waals surface area contributed by atoms with Crippen molar-refractivity contribution in [2.75, 3.05) is 11.1 Å². The van der Waals surface area contributed by atoms with Crippen LogP contribution >= 0.6 is 35.1 Å². The number of hydrogen-bond donors (Lipinski definition) is 1. The number of hydrogen-bond acceptors (Lipinski definition) is 4. The fourth-order valence-corrected chi connectivity index (χ4v) is 3.93. The van der Waals surface area contributed by atoms with Crippen LogP contribution < -0.4 is 5.32 Å². The Balaban J connectivity index is 1.55. The second-order valence-corrected chi connectivity index (χ2v) is 7.26. The van der Waals surface area contributed by atoms with E-state index in [0.717, 1.165) is 21.5 Å². The molecular weight excluding hydrogens is 336 g/mol. The second kappa shape index (κ2) is 7.22. The van der Waals surface area contributed by atoms with E-state index in [4.69, 9.17) is 11.6 Å². The minimum atomic E-state index is -0.0468. The van der Waals surface area contributed by atoms with Crippen molar-refractivity contribution in [2.24, 2.45) is 4.99 Å². The smallest absolute Gasteiger partial charge is 0.234 e. The minimum absolute atomic E-state index is 0.0468. The molecule has 1 aliphatic rings. The van der Waals surface area contributed by atoms with Crippen LogP contribution in [-0.4, -0.2) is 16.0 Å². The highest BCUT2D eigenvalue weighted by atomic mass is 35.5. The summed E-state index contributed by atoms with van der Waals surface area (Å²) in [5, 5.41) is 3.50. The first kappa shape index (κ1) is 15.5. The molecule has 6 heteroatoms. The van der Waals surface area contributed by atoms with Crippen molar-refractivity contribution in [3.63, 3.8) is 0 Å². The van der Waals surface area contributed by atoms with E-state index in [-0.39, 0.29) is 5.91 Å². The number of nitrogens with one attached hydrogen (secondary N) is 1. The van der Waals surface area contributed by atoms with Crippen LogP contribution in [0.15, 0.2) is 53.5 Å². The Kier molecular flexibility index (Phi) is 5.08. The molecule has 0 unspecified atom stereocenters. The van der Waals surface area contributed by atoms with Crippen LogP contribution in [0.3, 0.4) is 0 Å². The normalized spacial score (nSPS) is 13.2. The van der Waals surface area contributed by atoms with Crippen LogP contribution in [0.25, 0.3) is 0 Å². The summed E-state index contributed by atoms with van der Waals surface area (Å²) in [7, 11) is 0. The largest absolute Gasteiger partial charge is 0.325 e. The highest BCUT2D eigenvalue weighted by molar-refractivity contribution is 8.38. The molecule has 0 aliphatic carbocycles. The molecule has 1 aliphatic heterocycles. The lowest BCUT2D eigenvalue weighted by molar-refractivity contribution is -0.113. The molecule has 3 rings (SSSR count). The van der Waals surface area contributed by atoms with Gasteiger partial charge in [-0.05, 0) is 35.9 Å². The number of halogens is 1. The Morgan fingerprint density at radius 3 is 2.82 bits per heavy atom. The van der Waals surface area contributed by atoms with Gasteiger partial charge in [-0.1, -0.05) is 53.3 Å². The van der Waals surface area contributed by atoms with Gasteiger partial charge in [0.1, 0.15) is 4.38 Å². The third kappa shape index (κ3) is 4.06. The summed E-state index contributed by atoms with van der Waals surface area (Å²) in [6.45, 7) is 0. The highest BCUT2D eigenvalue weighted by Crippen LogP contribution is 2.34. The minimum Gasteiger partial charge on any atom is -0.325 e. The van der Waals surface area contributed by atoms with Gasteiger partial charge >= 0.3 is 0 Å². The summed E-state index contributed by atoms with van der Waals surface area (Å²) in [5.41, 5.74) is 2.99. The predicted molar refractivity (Wildman–Crippen MR) is 97.4 cm³/mol. The third-order valence-electron chi connectivity index (χ3n) is 3.01. The fourth-order valence-electron chi connectivity index (χ4n) is 1.94. The van der Waals surface area contributed by atoms with Crippen molar-refractivity contribution in [1.29, 1.82) is 0 Å². The number of carbonyl (C=O) groups excluding carboxylic acids is 1. The SMILES string of the molecule is O=C(CSC1=Nc2ccccc2CS1)Nc1ccc(Cl)cc1. The summed E-state index contributed by atoms with van der Waals surface area (Å²) in [6.07, 6.45) is 0. The summed E-state index contributed by atoms with van der Waals surface area (Å²) in [6, 6.07) is 15.2. The van der Waals surface area contributed by atoms with Gasteiger partial charge in [0.05, 0.1) is 11.4 Å². The molecule has 0 aromatic heterocycles. The summed E-state index contributed by atoms with van der Waals surface area (Å²) in [5.74, 6) is 1.20. The van der Waals surface area contributed by atoms with Crippen molar-refractivity contribution in [2.45, 2.75) is 5.75 Å². The van der Waals surface area contributed by atoms with Gasteiger partial charge in [-0.2, -0.15) is 0 Å². The number of fused-ring (bicyclic) bond motifs is 1. The Bertz CT molecular complexity index is 716. The van der Waals surface area contributed by atoms with E-state index in [2.05, 4.69) is 16.4 Å². The van der Waals surface area contributed by atoms with Gasteiger partial charge in [0, 0.05) is 16.5 Å². The summed E-state index contributed by atoms with van der Waals surface area (Å²) in [4.78, 5) is 16.5. The molecule has 0 saturated heterocycles. The zero-order valence-electron chi connectivity index (χ0n) is 11.6. The van der Waals surface area contributed by atoms with E-state index in [9.17, 15) is 4.79 Å². The Morgan fingerprint density at radius 1 is 1.23 bits per heavy atom. The molecule has 2 aromatic rings. The molecule has 0 radical (unpaired) electrons. The number of anilines is 1. The molecule has 0 atom stereocenters. The van der Waals surface area contributed by atoms with Crippen LogP contribution in [-0.2, 0) is 10.5 Å². The number of para-hydroxylation sites is 1. The first-order valence-corrected chi connectivity index (χ1v) is 9.03. The Labute approximate surface area is 142 Å². The monoisotopic (exact) mass is 348 g/mol. The zero-order valence-corrected chi connectivity index (χ0v) is 14.0. The van der Waals surface area contributed by atoms with Crippen molar-refractivity contribution in [1.82, 2.24) is 0 Å². The third-order valence-corrected chi connectivity index (χ3v) is 5.51. The molecular formula is C16H13ClN2OS2. The van der Waals surface area contributed by atoms with Gasteiger partial charge in [-0.15, -0.1) is 0 Å². The van der Waals surface area contributed by atoms with Gasteiger partial charge in [0.25, 0.3) is 0 Å². The standard InChI is InChI=1S/C16H13ClN2OS2/c17-12-5-7-13(8-6-12)18-15(20)10-22-16-19-14-4-2-1-3-11(14)9-21-16/h1-8H,9-10H2,(H,18,20). The lowest BCUT2D eigenvalue weighted by atomic mass is 10.2. The van der Waals surface area contributed by atoms with Crippen molar-refractivity contribution >= 4 is 56.8 Å². The molecule has 1 N–H and O–H groups in total. The van der Waals surface area contributed by atoms with Crippen LogP contribution in [0.1, 0.15) is 5.56 Å². The zero-order chi connectivity index (χ0) is 15.4. The maximum absolute atomic E-state index is 12.0. The van der Waals surface area contributed by atoms with Crippen LogP contribution in [0, 0.1) is 0 Å². The average molecular weight is 349 g/mol. The van der Waals surface area contributed by atoms with E-state index >= 15 is 0 Å². The predicted octanol–water partition coefficient (Wildman–Crippen LogP) is 4.95. The number of rotatable bonds is 3.